The third-order valence-corrected chi connectivity index (χ3v) is 17.0. The highest BCUT2D eigenvalue weighted by Crippen LogP contribution is 2.47. The Morgan fingerprint density at radius 2 is 0.386 bits per heavy atom. The molecule has 0 atom stereocenters. The molecule has 0 radical (unpaired) electrons. The van der Waals surface area contributed by atoms with Crippen molar-refractivity contribution in [2.24, 2.45) is 0 Å². The van der Waals surface area contributed by atoms with Crippen LogP contribution in [0.3, 0.4) is 0 Å². The zero-order valence-corrected chi connectivity index (χ0v) is 49.4. The van der Waals surface area contributed by atoms with Crippen LogP contribution in [0, 0.1) is 13.8 Å². The van der Waals surface area contributed by atoms with Crippen LogP contribution in [-0.4, -0.2) is 0 Å². The van der Waals surface area contributed by atoms with Gasteiger partial charge < -0.3 is 9.80 Å². The van der Waals surface area contributed by atoms with Gasteiger partial charge in [-0.25, -0.2) is 0 Å². The van der Waals surface area contributed by atoms with E-state index >= 15 is 0 Å². The number of hydrogen-bond acceptors (Lipinski definition) is 2. The highest BCUT2D eigenvalue weighted by molar-refractivity contribution is 5.93. The van der Waals surface area contributed by atoms with Crippen molar-refractivity contribution < 1.29 is 0 Å². The van der Waals surface area contributed by atoms with Crippen LogP contribution >= 0.6 is 0 Å². The molecular weight excluding hydrogens is 1060 g/mol. The Balaban J connectivity index is 0.834. The second-order valence-electron chi connectivity index (χ2n) is 22.6. The summed E-state index contributed by atoms with van der Waals surface area (Å²) in [5, 5.41) is 0. The van der Waals surface area contributed by atoms with Crippen LogP contribution in [0.5, 0.6) is 0 Å². The van der Waals surface area contributed by atoms with Crippen molar-refractivity contribution in [1.82, 2.24) is 0 Å². The minimum Gasteiger partial charge on any atom is -0.310 e. The average molecular weight is 1130 g/mol. The lowest BCUT2D eigenvalue weighted by Gasteiger charge is -2.30. The smallest absolute Gasteiger partial charge is 0.0540 e. The first-order valence-corrected chi connectivity index (χ1v) is 30.3. The molecule has 0 unspecified atom stereocenters. The fourth-order valence-corrected chi connectivity index (χ4v) is 12.4. The molecule has 0 aliphatic rings. The van der Waals surface area contributed by atoms with Crippen molar-refractivity contribution in [3.63, 3.8) is 0 Å². The molecule has 14 rings (SSSR count). The molecule has 2 heteroatoms. The normalized spacial score (nSPS) is 11.1. The number of para-hydroxylation sites is 2. The summed E-state index contributed by atoms with van der Waals surface area (Å²) in [7, 11) is 0. The van der Waals surface area contributed by atoms with E-state index in [1.54, 1.807) is 0 Å². The highest BCUT2D eigenvalue weighted by atomic mass is 15.2. The molecule has 0 bridgehead atoms. The average Bonchev–Trinajstić information content (AvgIpc) is 3.30. The van der Waals surface area contributed by atoms with E-state index in [2.05, 4.69) is 375 Å². The maximum absolute atomic E-state index is 2.44. The summed E-state index contributed by atoms with van der Waals surface area (Å²) in [4.78, 5) is 4.88. The summed E-state index contributed by atoms with van der Waals surface area (Å²) in [5.41, 5.74) is 30.1. The zero-order valence-electron chi connectivity index (χ0n) is 49.4. The van der Waals surface area contributed by atoms with Crippen LogP contribution in [0.2, 0.25) is 0 Å². The number of hydrogen-bond donors (Lipinski definition) is 0. The second-order valence-corrected chi connectivity index (χ2v) is 22.6. The molecular formula is C86H64N2. The lowest BCUT2D eigenvalue weighted by molar-refractivity contribution is 1.24. The standard InChI is InChI=1S/C86H64N2/c1-61-57-77(49-55-83(61)87(79-51-45-69(46-52-79)75-31-19-29-73(59-75)65-25-11-5-12-26-65)85-35-17-15-33-81(85)71-41-37-67(38-42-71)63-21-7-3-8-22-63)78-50-56-84(62(2)58-78)88(80-53-47-70(48-54-80)76-32-20-30-74(60-76)66-27-13-6-14-28-66)86-36-18-16-34-82(86)72-43-39-68(40-44-72)64-23-9-4-10-24-64/h3-60H,1-2H3. The summed E-state index contributed by atoms with van der Waals surface area (Å²) in [6.07, 6.45) is 0. The molecule has 14 aromatic carbocycles. The van der Waals surface area contributed by atoms with E-state index in [0.29, 0.717) is 0 Å². The molecule has 0 saturated heterocycles. The van der Waals surface area contributed by atoms with Crippen molar-refractivity contribution in [2.75, 3.05) is 9.80 Å². The molecule has 0 spiro atoms. The van der Waals surface area contributed by atoms with Crippen LogP contribution in [-0.2, 0) is 0 Å². The lowest BCUT2D eigenvalue weighted by Crippen LogP contribution is -2.13. The number of anilines is 6. The number of benzene rings is 14. The molecule has 14 aromatic rings. The maximum atomic E-state index is 2.44. The van der Waals surface area contributed by atoms with Gasteiger partial charge in [0.15, 0.2) is 0 Å². The SMILES string of the molecule is Cc1cc(-c2ccc(N(c3ccc(-c4cccc(-c5ccccc5)c4)cc3)c3ccccc3-c3ccc(-c4ccccc4)cc3)c(C)c2)ccc1N(c1ccc(-c2cccc(-c3ccccc3)c2)cc1)c1ccccc1-c1ccc(-c2ccccc2)cc1. The van der Waals surface area contributed by atoms with Gasteiger partial charge in [0.25, 0.3) is 0 Å². The van der Waals surface area contributed by atoms with Gasteiger partial charge in [0.2, 0.25) is 0 Å². The minimum atomic E-state index is 1.08. The van der Waals surface area contributed by atoms with Crippen molar-refractivity contribution in [2.45, 2.75) is 13.8 Å². The Kier molecular flexibility index (Phi) is 15.3. The summed E-state index contributed by atoms with van der Waals surface area (Å²) in [5.74, 6) is 0. The van der Waals surface area contributed by atoms with Crippen molar-refractivity contribution in [3.8, 4) is 100 Å². The van der Waals surface area contributed by atoms with E-state index in [4.69, 9.17) is 0 Å². The van der Waals surface area contributed by atoms with Crippen molar-refractivity contribution in [3.05, 3.63) is 363 Å². The molecule has 88 heavy (non-hydrogen) atoms. The van der Waals surface area contributed by atoms with Gasteiger partial charge in [-0.05, 0) is 187 Å². The van der Waals surface area contributed by atoms with E-state index in [9.17, 15) is 0 Å². The van der Waals surface area contributed by atoms with Crippen LogP contribution in [0.1, 0.15) is 11.1 Å². The first kappa shape index (κ1) is 54.6. The number of aryl methyl sites for hydroxylation is 2. The zero-order chi connectivity index (χ0) is 59.2. The van der Waals surface area contributed by atoms with Gasteiger partial charge >= 0.3 is 0 Å². The molecule has 0 N–H and O–H groups in total. The first-order chi connectivity index (χ1) is 43.5. The van der Waals surface area contributed by atoms with Crippen LogP contribution in [0.15, 0.2) is 352 Å². The molecule has 0 aliphatic carbocycles. The molecule has 0 heterocycles. The third-order valence-electron chi connectivity index (χ3n) is 17.0. The molecule has 0 aromatic heterocycles. The van der Waals surface area contributed by atoms with E-state index in [0.717, 1.165) is 78.6 Å². The van der Waals surface area contributed by atoms with Crippen molar-refractivity contribution in [1.29, 1.82) is 0 Å². The van der Waals surface area contributed by atoms with Gasteiger partial charge in [-0.3, -0.25) is 0 Å². The Bertz CT molecular complexity index is 4390. The summed E-state index contributed by atoms with van der Waals surface area (Å²) in [6, 6.07) is 128. The molecule has 0 aliphatic heterocycles. The largest absolute Gasteiger partial charge is 0.310 e. The molecule has 2 nitrogen and oxygen atoms in total. The van der Waals surface area contributed by atoms with Crippen LogP contribution < -0.4 is 9.80 Å². The Morgan fingerprint density at radius 3 is 0.716 bits per heavy atom. The Labute approximate surface area is 517 Å². The maximum Gasteiger partial charge on any atom is 0.0540 e. The van der Waals surface area contributed by atoms with Gasteiger partial charge in [0, 0.05) is 33.9 Å². The predicted octanol–water partition coefficient (Wildman–Crippen LogP) is 24.2. The third kappa shape index (κ3) is 11.4. The quantitative estimate of drug-likeness (QED) is 0.101. The highest BCUT2D eigenvalue weighted by Gasteiger charge is 2.23. The van der Waals surface area contributed by atoms with E-state index < -0.39 is 0 Å². The first-order valence-electron chi connectivity index (χ1n) is 30.3. The molecule has 0 amide bonds. The fourth-order valence-electron chi connectivity index (χ4n) is 12.4. The van der Waals surface area contributed by atoms with E-state index in [1.807, 2.05) is 0 Å². The summed E-state index contributed by atoms with van der Waals surface area (Å²) >= 11 is 0. The van der Waals surface area contributed by atoms with Gasteiger partial charge in [0.1, 0.15) is 0 Å². The monoisotopic (exact) mass is 1120 g/mol. The molecule has 0 fully saturated rings. The summed E-state index contributed by atoms with van der Waals surface area (Å²) < 4.78 is 0. The summed E-state index contributed by atoms with van der Waals surface area (Å²) in [6.45, 7) is 4.50. The number of rotatable bonds is 15. The van der Waals surface area contributed by atoms with Crippen LogP contribution in [0.25, 0.3) is 100 Å². The predicted molar refractivity (Wildman–Crippen MR) is 374 cm³/mol. The molecule has 418 valence electrons. The lowest BCUT2D eigenvalue weighted by atomic mass is 9.95. The van der Waals surface area contributed by atoms with Gasteiger partial charge in [-0.1, -0.05) is 279 Å². The van der Waals surface area contributed by atoms with E-state index in [1.165, 1.54) is 66.8 Å². The molecule has 0 saturated carbocycles. The van der Waals surface area contributed by atoms with Gasteiger partial charge in [-0.2, -0.15) is 0 Å². The fraction of sp³-hybridized carbons (Fsp3) is 0.0233. The van der Waals surface area contributed by atoms with Gasteiger partial charge in [0.05, 0.1) is 11.4 Å². The Hall–Kier alpha value is -11.3. The topological polar surface area (TPSA) is 6.48 Å². The van der Waals surface area contributed by atoms with E-state index in [-0.39, 0.29) is 0 Å². The van der Waals surface area contributed by atoms with Gasteiger partial charge in [-0.15, -0.1) is 0 Å². The number of nitrogens with zero attached hydrogens (tertiary/aromatic N) is 2. The van der Waals surface area contributed by atoms with Crippen molar-refractivity contribution >= 4 is 34.1 Å². The second kappa shape index (κ2) is 24.7. The Morgan fingerprint density at radius 1 is 0.159 bits per heavy atom. The minimum absolute atomic E-state index is 1.08. The van der Waals surface area contributed by atoms with Crippen LogP contribution in [0.4, 0.5) is 34.1 Å².